The molecule has 0 amide bonds. The lowest BCUT2D eigenvalue weighted by molar-refractivity contribution is 0.0493. The van der Waals surface area contributed by atoms with Gasteiger partial charge in [0.05, 0.1) is 12.0 Å². The van der Waals surface area contributed by atoms with Crippen LogP contribution in [0, 0.1) is 6.92 Å². The van der Waals surface area contributed by atoms with Crippen molar-refractivity contribution in [2.75, 3.05) is 11.9 Å². The Balaban J connectivity index is 1.94. The number of ether oxygens (including phenoxy) is 1. The molecule has 32 heavy (non-hydrogen) atoms. The van der Waals surface area contributed by atoms with Gasteiger partial charge in [0.2, 0.25) is 0 Å². The van der Waals surface area contributed by atoms with Crippen molar-refractivity contribution >= 4 is 28.5 Å². The SMILES string of the molecule is CCCCOC(=O)c1cc(C)c2c(=O)cc(Nc3ccccc3)n(-c3ccccc3)c2n1. The largest absolute Gasteiger partial charge is 0.461 e. The van der Waals surface area contributed by atoms with E-state index >= 15 is 0 Å². The van der Waals surface area contributed by atoms with Gasteiger partial charge in [-0.25, -0.2) is 9.78 Å². The Morgan fingerprint density at radius 3 is 2.41 bits per heavy atom. The zero-order valence-electron chi connectivity index (χ0n) is 18.2. The molecule has 162 valence electrons. The molecule has 0 atom stereocenters. The minimum atomic E-state index is -0.489. The third-order valence-corrected chi connectivity index (χ3v) is 5.17. The van der Waals surface area contributed by atoms with E-state index in [0.29, 0.717) is 29.0 Å². The molecule has 2 heterocycles. The summed E-state index contributed by atoms with van der Waals surface area (Å²) in [5.74, 6) is 0.0697. The van der Waals surface area contributed by atoms with E-state index in [1.54, 1.807) is 12.1 Å². The Morgan fingerprint density at radius 1 is 1.03 bits per heavy atom. The highest BCUT2D eigenvalue weighted by Crippen LogP contribution is 2.26. The van der Waals surface area contributed by atoms with Crippen molar-refractivity contribution in [3.63, 3.8) is 0 Å². The predicted molar refractivity (Wildman–Crippen MR) is 127 cm³/mol. The number of carbonyl (C=O) groups excluding carboxylic acids is 1. The third kappa shape index (κ3) is 4.39. The Hall–Kier alpha value is -3.93. The van der Waals surface area contributed by atoms with E-state index < -0.39 is 5.97 Å². The Labute approximate surface area is 186 Å². The lowest BCUT2D eigenvalue weighted by Gasteiger charge is -2.19. The molecular weight excluding hydrogens is 402 g/mol. The number of pyridine rings is 2. The van der Waals surface area contributed by atoms with Crippen molar-refractivity contribution in [3.8, 4) is 5.69 Å². The van der Waals surface area contributed by atoms with Crippen LogP contribution < -0.4 is 10.7 Å². The maximum Gasteiger partial charge on any atom is 0.357 e. The first-order valence-electron chi connectivity index (χ1n) is 10.7. The van der Waals surface area contributed by atoms with E-state index in [4.69, 9.17) is 4.74 Å². The van der Waals surface area contributed by atoms with E-state index in [9.17, 15) is 9.59 Å². The number of rotatable bonds is 7. The van der Waals surface area contributed by atoms with Crippen molar-refractivity contribution < 1.29 is 9.53 Å². The summed E-state index contributed by atoms with van der Waals surface area (Å²) in [6.07, 6.45) is 1.72. The lowest BCUT2D eigenvalue weighted by atomic mass is 10.1. The second-order valence-corrected chi connectivity index (χ2v) is 7.57. The number of carbonyl (C=O) groups is 1. The van der Waals surface area contributed by atoms with Crippen molar-refractivity contribution in [2.45, 2.75) is 26.7 Å². The van der Waals surface area contributed by atoms with Gasteiger partial charge >= 0.3 is 5.97 Å². The fourth-order valence-corrected chi connectivity index (χ4v) is 3.58. The maximum absolute atomic E-state index is 13.1. The quantitative estimate of drug-likeness (QED) is 0.316. The Morgan fingerprint density at radius 2 is 1.72 bits per heavy atom. The lowest BCUT2D eigenvalue weighted by Crippen LogP contribution is -2.17. The summed E-state index contributed by atoms with van der Waals surface area (Å²) in [6, 6.07) is 22.4. The topological polar surface area (TPSA) is 73.2 Å². The highest BCUT2D eigenvalue weighted by atomic mass is 16.5. The van der Waals surface area contributed by atoms with Gasteiger partial charge in [-0.1, -0.05) is 49.7 Å². The van der Waals surface area contributed by atoms with Crippen LogP contribution >= 0.6 is 0 Å². The van der Waals surface area contributed by atoms with E-state index in [-0.39, 0.29) is 11.1 Å². The molecular formula is C26H25N3O3. The summed E-state index contributed by atoms with van der Waals surface area (Å²) in [5.41, 5.74) is 2.76. The van der Waals surface area contributed by atoms with Crippen LogP contribution in [-0.2, 0) is 4.74 Å². The van der Waals surface area contributed by atoms with Gasteiger partial charge in [-0.2, -0.15) is 0 Å². The number of nitrogens with zero attached hydrogens (tertiary/aromatic N) is 2. The molecule has 0 aliphatic rings. The van der Waals surface area contributed by atoms with Gasteiger partial charge in [-0.15, -0.1) is 0 Å². The molecule has 1 N–H and O–H groups in total. The fourth-order valence-electron chi connectivity index (χ4n) is 3.58. The molecule has 0 aliphatic carbocycles. The summed E-state index contributed by atoms with van der Waals surface area (Å²) in [6.45, 7) is 4.19. The standard InChI is InChI=1S/C26H25N3O3/c1-3-4-15-32-26(31)21-16-18(2)24-22(30)17-23(27-19-11-7-5-8-12-19)29(25(24)28-21)20-13-9-6-10-14-20/h5-14,16-17,27H,3-4,15H2,1-2H3. The molecule has 6 nitrogen and oxygen atoms in total. The number of aryl methyl sites for hydroxylation is 1. The summed E-state index contributed by atoms with van der Waals surface area (Å²) in [7, 11) is 0. The molecule has 0 unspecified atom stereocenters. The summed E-state index contributed by atoms with van der Waals surface area (Å²) >= 11 is 0. The molecule has 2 aromatic carbocycles. The smallest absolute Gasteiger partial charge is 0.357 e. The number of anilines is 2. The molecule has 2 aromatic heterocycles. The van der Waals surface area contributed by atoms with Crippen LogP contribution in [0.3, 0.4) is 0 Å². The molecule has 4 rings (SSSR count). The van der Waals surface area contributed by atoms with Gasteiger partial charge in [0.1, 0.15) is 5.82 Å². The molecule has 0 spiro atoms. The first-order chi connectivity index (χ1) is 15.6. The van der Waals surface area contributed by atoms with Crippen LogP contribution in [-0.4, -0.2) is 22.1 Å². The third-order valence-electron chi connectivity index (χ3n) is 5.17. The monoisotopic (exact) mass is 427 g/mol. The van der Waals surface area contributed by atoms with Crippen molar-refractivity contribution in [2.24, 2.45) is 0 Å². The van der Waals surface area contributed by atoms with Gasteiger partial charge < -0.3 is 10.1 Å². The van der Waals surface area contributed by atoms with Gasteiger partial charge in [-0.05, 0) is 49.2 Å². The molecule has 4 aromatic rings. The number of aromatic nitrogens is 2. The van der Waals surface area contributed by atoms with Crippen molar-refractivity contribution in [1.82, 2.24) is 9.55 Å². The van der Waals surface area contributed by atoms with Crippen molar-refractivity contribution in [1.29, 1.82) is 0 Å². The molecule has 0 radical (unpaired) electrons. The van der Waals surface area contributed by atoms with Crippen LogP contribution in [0.25, 0.3) is 16.7 Å². The van der Waals surface area contributed by atoms with E-state index in [0.717, 1.165) is 24.2 Å². The second-order valence-electron chi connectivity index (χ2n) is 7.57. The predicted octanol–water partition coefficient (Wildman–Crippen LogP) is 5.39. The summed E-state index contributed by atoms with van der Waals surface area (Å²) in [4.78, 5) is 30.3. The van der Waals surface area contributed by atoms with Gasteiger partial charge in [-0.3, -0.25) is 9.36 Å². The zero-order chi connectivity index (χ0) is 22.5. The molecule has 0 aliphatic heterocycles. The van der Waals surface area contributed by atoms with Crippen LogP contribution in [0.5, 0.6) is 0 Å². The molecule has 6 heteroatoms. The minimum absolute atomic E-state index is 0.165. The highest BCUT2D eigenvalue weighted by molar-refractivity contribution is 5.92. The maximum atomic E-state index is 13.1. The normalized spacial score (nSPS) is 10.8. The number of nitrogens with one attached hydrogen (secondary N) is 1. The van der Waals surface area contributed by atoms with Gasteiger partial charge in [0, 0.05) is 17.4 Å². The molecule has 0 fully saturated rings. The van der Waals surface area contributed by atoms with Gasteiger partial charge in [0.25, 0.3) is 0 Å². The van der Waals surface area contributed by atoms with E-state index in [2.05, 4.69) is 10.3 Å². The summed E-state index contributed by atoms with van der Waals surface area (Å²) < 4.78 is 7.23. The number of hydrogen-bond acceptors (Lipinski definition) is 5. The molecule has 0 saturated carbocycles. The Kier molecular flexibility index (Phi) is 6.31. The Bertz CT molecular complexity index is 1300. The fraction of sp³-hybridized carbons (Fsp3) is 0.192. The minimum Gasteiger partial charge on any atom is -0.461 e. The summed E-state index contributed by atoms with van der Waals surface area (Å²) in [5, 5.41) is 3.79. The van der Waals surface area contributed by atoms with Gasteiger partial charge in [0.15, 0.2) is 16.8 Å². The number of fused-ring (bicyclic) bond motifs is 1. The van der Waals surface area contributed by atoms with Crippen LogP contribution in [0.1, 0.15) is 35.8 Å². The second kappa shape index (κ2) is 9.47. The van der Waals surface area contributed by atoms with E-state index in [1.807, 2.05) is 79.1 Å². The zero-order valence-corrected chi connectivity index (χ0v) is 18.2. The average Bonchev–Trinajstić information content (AvgIpc) is 2.80. The first-order valence-corrected chi connectivity index (χ1v) is 10.7. The van der Waals surface area contributed by atoms with Crippen LogP contribution in [0.2, 0.25) is 0 Å². The highest BCUT2D eigenvalue weighted by Gasteiger charge is 2.18. The average molecular weight is 428 g/mol. The van der Waals surface area contributed by atoms with Crippen molar-refractivity contribution in [3.05, 3.63) is 94.3 Å². The number of para-hydroxylation sites is 2. The number of esters is 1. The molecule has 0 bridgehead atoms. The van der Waals surface area contributed by atoms with Crippen LogP contribution in [0.15, 0.2) is 77.6 Å². The molecule has 0 saturated heterocycles. The number of benzene rings is 2. The number of unbranched alkanes of at least 4 members (excludes halogenated alkanes) is 1. The van der Waals surface area contributed by atoms with Crippen LogP contribution in [0.4, 0.5) is 11.5 Å². The number of hydrogen-bond donors (Lipinski definition) is 1. The van der Waals surface area contributed by atoms with E-state index in [1.165, 1.54) is 0 Å². The first kappa shape index (κ1) is 21.3.